The highest BCUT2D eigenvalue weighted by Gasteiger charge is 2.09. The molecule has 3 heterocycles. The molecule has 4 aromatic rings. The molecule has 5 nitrogen and oxygen atoms in total. The molecular formula is C19H18N4O. The molecular weight excluding hydrogens is 300 g/mol. The van der Waals surface area contributed by atoms with Gasteiger partial charge >= 0.3 is 0 Å². The summed E-state index contributed by atoms with van der Waals surface area (Å²) >= 11 is 0. The van der Waals surface area contributed by atoms with Crippen LogP contribution in [0.15, 0.2) is 61.1 Å². The predicted molar refractivity (Wildman–Crippen MR) is 95.1 cm³/mol. The number of hydrogen-bond donors (Lipinski definition) is 1. The number of rotatable bonds is 4. The molecule has 0 unspecified atom stereocenters. The molecule has 0 saturated carbocycles. The molecule has 0 aliphatic heterocycles. The van der Waals surface area contributed by atoms with Gasteiger partial charge in [-0.3, -0.25) is 4.79 Å². The van der Waals surface area contributed by atoms with Crippen molar-refractivity contribution in [2.24, 2.45) is 0 Å². The molecule has 1 N–H and O–H groups in total. The molecule has 120 valence electrons. The van der Waals surface area contributed by atoms with Crippen LogP contribution in [0.5, 0.6) is 0 Å². The lowest BCUT2D eigenvalue weighted by molar-refractivity contribution is -0.116. The number of carbonyl (C=O) groups is 1. The number of carbonyl (C=O) groups excluding carboxylic acids is 1. The molecule has 1 amide bonds. The fourth-order valence-electron chi connectivity index (χ4n) is 3.03. The molecule has 1 aromatic carbocycles. The minimum atomic E-state index is 0.00958. The van der Waals surface area contributed by atoms with Crippen LogP contribution in [0.1, 0.15) is 12.1 Å². The van der Waals surface area contributed by atoms with E-state index in [0.717, 1.165) is 22.5 Å². The lowest BCUT2D eigenvalue weighted by atomic mass is 10.2. The summed E-state index contributed by atoms with van der Waals surface area (Å²) < 4.78 is 4.08. The van der Waals surface area contributed by atoms with Crippen LogP contribution in [0.25, 0.3) is 16.6 Å². The van der Waals surface area contributed by atoms with E-state index in [4.69, 9.17) is 0 Å². The average Bonchev–Trinajstić information content (AvgIpc) is 3.23. The van der Waals surface area contributed by atoms with Crippen molar-refractivity contribution in [3.8, 4) is 0 Å². The van der Waals surface area contributed by atoms with Crippen molar-refractivity contribution < 1.29 is 4.79 Å². The maximum absolute atomic E-state index is 12.3. The van der Waals surface area contributed by atoms with E-state index >= 15 is 0 Å². The van der Waals surface area contributed by atoms with Crippen LogP contribution < -0.4 is 5.32 Å². The predicted octanol–water partition coefficient (Wildman–Crippen LogP) is 3.63. The number of imidazole rings is 1. The second kappa shape index (κ2) is 5.85. The van der Waals surface area contributed by atoms with Gasteiger partial charge in [-0.25, -0.2) is 4.98 Å². The summed E-state index contributed by atoms with van der Waals surface area (Å²) in [6, 6.07) is 14.1. The zero-order chi connectivity index (χ0) is 16.5. The Kier molecular flexibility index (Phi) is 3.54. The Balaban J connectivity index is 1.47. The summed E-state index contributed by atoms with van der Waals surface area (Å²) in [7, 11) is 0. The van der Waals surface area contributed by atoms with Crippen LogP contribution in [0, 0.1) is 6.92 Å². The number of para-hydroxylation sites is 1. The maximum atomic E-state index is 12.3. The molecule has 0 saturated heterocycles. The van der Waals surface area contributed by atoms with Gasteiger partial charge < -0.3 is 14.3 Å². The van der Waals surface area contributed by atoms with Gasteiger partial charge in [-0.1, -0.05) is 18.2 Å². The number of pyridine rings is 1. The molecule has 0 fully saturated rings. The van der Waals surface area contributed by atoms with E-state index in [-0.39, 0.29) is 5.91 Å². The van der Waals surface area contributed by atoms with Gasteiger partial charge in [0.05, 0.1) is 5.69 Å². The molecule has 5 heteroatoms. The summed E-state index contributed by atoms with van der Waals surface area (Å²) in [4.78, 5) is 16.6. The van der Waals surface area contributed by atoms with Gasteiger partial charge in [0.1, 0.15) is 5.65 Å². The van der Waals surface area contributed by atoms with Gasteiger partial charge in [-0.15, -0.1) is 0 Å². The topological polar surface area (TPSA) is 51.3 Å². The monoisotopic (exact) mass is 318 g/mol. The number of hydrogen-bond acceptors (Lipinski definition) is 2. The van der Waals surface area contributed by atoms with Crippen molar-refractivity contribution in [1.29, 1.82) is 0 Å². The molecule has 0 aliphatic carbocycles. The third kappa shape index (κ3) is 2.54. The lowest BCUT2D eigenvalue weighted by Crippen LogP contribution is -2.15. The van der Waals surface area contributed by atoms with Gasteiger partial charge in [0.15, 0.2) is 0 Å². The minimum absolute atomic E-state index is 0.00958. The Morgan fingerprint density at radius 2 is 2.00 bits per heavy atom. The van der Waals surface area contributed by atoms with E-state index < -0.39 is 0 Å². The van der Waals surface area contributed by atoms with Gasteiger partial charge in [0.2, 0.25) is 5.91 Å². The molecule has 24 heavy (non-hydrogen) atoms. The van der Waals surface area contributed by atoms with Crippen LogP contribution in [0.4, 0.5) is 5.69 Å². The second-order valence-corrected chi connectivity index (χ2v) is 5.85. The summed E-state index contributed by atoms with van der Waals surface area (Å²) in [6.45, 7) is 2.63. The number of benzene rings is 1. The minimum Gasteiger partial charge on any atom is -0.347 e. The highest BCUT2D eigenvalue weighted by molar-refractivity contribution is 5.91. The normalized spacial score (nSPS) is 11.2. The van der Waals surface area contributed by atoms with Gasteiger partial charge in [-0.05, 0) is 36.6 Å². The fourth-order valence-corrected chi connectivity index (χ4v) is 3.03. The number of aromatic nitrogens is 3. The molecule has 0 radical (unpaired) electrons. The second-order valence-electron chi connectivity index (χ2n) is 5.85. The SMILES string of the molecule is Cc1c(NC(=O)CCn2ccc3ccccc32)ccc2nccn12. The first-order valence-electron chi connectivity index (χ1n) is 7.99. The van der Waals surface area contributed by atoms with Crippen LogP contribution in [0.3, 0.4) is 0 Å². The number of nitrogens with one attached hydrogen (secondary N) is 1. The number of nitrogens with zero attached hydrogens (tertiary/aromatic N) is 3. The quantitative estimate of drug-likeness (QED) is 0.625. The van der Waals surface area contributed by atoms with Crippen LogP contribution in [-0.4, -0.2) is 19.9 Å². The number of anilines is 1. The number of fused-ring (bicyclic) bond motifs is 2. The molecule has 0 atom stereocenters. The van der Waals surface area contributed by atoms with Gasteiger partial charge in [-0.2, -0.15) is 0 Å². The molecule has 3 aromatic heterocycles. The maximum Gasteiger partial charge on any atom is 0.226 e. The zero-order valence-electron chi connectivity index (χ0n) is 13.4. The smallest absolute Gasteiger partial charge is 0.226 e. The Morgan fingerprint density at radius 1 is 1.12 bits per heavy atom. The Labute approximate surface area is 139 Å². The standard InChI is InChI=1S/C19H18N4O/c1-14-16(6-7-18-20-10-13-23(14)18)21-19(24)9-12-22-11-8-15-4-2-3-5-17(15)22/h2-8,10-11,13H,9,12H2,1H3,(H,21,24). The van der Waals surface area contributed by atoms with Gasteiger partial charge in [0, 0.05) is 42.8 Å². The summed E-state index contributed by atoms with van der Waals surface area (Å²) in [6.07, 6.45) is 6.11. The van der Waals surface area contributed by atoms with Crippen LogP contribution in [-0.2, 0) is 11.3 Å². The van der Waals surface area contributed by atoms with Crippen molar-refractivity contribution in [2.75, 3.05) is 5.32 Å². The molecule has 0 aliphatic rings. The summed E-state index contributed by atoms with van der Waals surface area (Å²) in [5.74, 6) is 0.00958. The van der Waals surface area contributed by atoms with E-state index in [0.29, 0.717) is 13.0 Å². The van der Waals surface area contributed by atoms with E-state index in [1.165, 1.54) is 5.39 Å². The number of amides is 1. The van der Waals surface area contributed by atoms with Crippen molar-refractivity contribution in [2.45, 2.75) is 19.9 Å². The lowest BCUT2D eigenvalue weighted by Gasteiger charge is -2.11. The van der Waals surface area contributed by atoms with E-state index in [2.05, 4.69) is 33.1 Å². The third-order valence-electron chi connectivity index (χ3n) is 4.35. The third-order valence-corrected chi connectivity index (χ3v) is 4.35. The number of aryl methyl sites for hydroxylation is 2. The fraction of sp³-hybridized carbons (Fsp3) is 0.158. The zero-order valence-corrected chi connectivity index (χ0v) is 13.4. The van der Waals surface area contributed by atoms with Crippen molar-refractivity contribution >= 4 is 28.1 Å². The van der Waals surface area contributed by atoms with E-state index in [1.807, 2.05) is 48.0 Å². The Hall–Kier alpha value is -3.08. The van der Waals surface area contributed by atoms with E-state index in [9.17, 15) is 4.79 Å². The average molecular weight is 318 g/mol. The van der Waals surface area contributed by atoms with Crippen molar-refractivity contribution in [1.82, 2.24) is 14.0 Å². The largest absolute Gasteiger partial charge is 0.347 e. The molecule has 0 bridgehead atoms. The first-order chi connectivity index (χ1) is 11.7. The Bertz CT molecular complexity index is 1030. The first-order valence-corrected chi connectivity index (χ1v) is 7.99. The van der Waals surface area contributed by atoms with Crippen LogP contribution >= 0.6 is 0 Å². The Morgan fingerprint density at radius 3 is 2.92 bits per heavy atom. The summed E-state index contributed by atoms with van der Waals surface area (Å²) in [5.41, 5.74) is 3.83. The summed E-state index contributed by atoms with van der Waals surface area (Å²) in [5, 5.41) is 4.20. The molecule has 0 spiro atoms. The van der Waals surface area contributed by atoms with Crippen molar-refractivity contribution in [3.05, 3.63) is 66.7 Å². The molecule has 4 rings (SSSR count). The van der Waals surface area contributed by atoms with Crippen LogP contribution in [0.2, 0.25) is 0 Å². The highest BCUT2D eigenvalue weighted by Crippen LogP contribution is 2.18. The first kappa shape index (κ1) is 14.5. The highest BCUT2D eigenvalue weighted by atomic mass is 16.1. The van der Waals surface area contributed by atoms with Crippen molar-refractivity contribution in [3.63, 3.8) is 0 Å². The van der Waals surface area contributed by atoms with Gasteiger partial charge in [0.25, 0.3) is 0 Å². The van der Waals surface area contributed by atoms with E-state index in [1.54, 1.807) is 6.20 Å².